The number of hydrogen-bond acceptors (Lipinski definition) is 5. The second kappa shape index (κ2) is 6.56. The molecule has 0 aliphatic carbocycles. The van der Waals surface area contributed by atoms with Crippen molar-refractivity contribution in [3.8, 4) is 5.75 Å². The van der Waals surface area contributed by atoms with Crippen molar-refractivity contribution in [2.45, 2.75) is 6.54 Å². The van der Waals surface area contributed by atoms with E-state index in [1.165, 1.54) is 0 Å². The second-order valence-corrected chi connectivity index (χ2v) is 3.66. The quantitative estimate of drug-likeness (QED) is 0.752. The van der Waals surface area contributed by atoms with Crippen molar-refractivity contribution in [3.63, 3.8) is 0 Å². The highest BCUT2D eigenvalue weighted by molar-refractivity contribution is 5.25. The van der Waals surface area contributed by atoms with E-state index in [9.17, 15) is 0 Å². The Hall–Kier alpha value is -2.14. The van der Waals surface area contributed by atoms with E-state index in [1.807, 2.05) is 30.3 Å². The number of aromatic nitrogens is 2. The Bertz CT molecular complexity index is 475. The minimum Gasteiger partial charge on any atom is -0.492 e. The summed E-state index contributed by atoms with van der Waals surface area (Å²) < 4.78 is 5.54. The minimum atomic E-state index is 0.414. The number of rotatable bonds is 6. The van der Waals surface area contributed by atoms with Crippen molar-refractivity contribution in [1.29, 1.82) is 0 Å². The average molecular weight is 244 g/mol. The van der Waals surface area contributed by atoms with Crippen molar-refractivity contribution in [2.75, 3.05) is 18.5 Å². The molecule has 0 aliphatic rings. The van der Waals surface area contributed by atoms with Crippen molar-refractivity contribution in [2.24, 2.45) is 5.73 Å². The molecule has 94 valence electrons. The van der Waals surface area contributed by atoms with Crippen LogP contribution in [0.2, 0.25) is 0 Å². The zero-order chi connectivity index (χ0) is 12.6. The lowest BCUT2D eigenvalue weighted by Gasteiger charge is -2.07. The van der Waals surface area contributed by atoms with Crippen LogP contribution in [0.1, 0.15) is 5.69 Å². The number of hydrogen-bond donors (Lipinski definition) is 2. The van der Waals surface area contributed by atoms with Gasteiger partial charge in [0.2, 0.25) is 5.95 Å². The van der Waals surface area contributed by atoms with Gasteiger partial charge in [-0.25, -0.2) is 9.97 Å². The van der Waals surface area contributed by atoms with Crippen LogP contribution in [0.4, 0.5) is 5.95 Å². The molecule has 2 rings (SSSR count). The summed E-state index contributed by atoms with van der Waals surface area (Å²) in [5.41, 5.74) is 6.32. The van der Waals surface area contributed by atoms with E-state index in [0.29, 0.717) is 25.6 Å². The fourth-order valence-electron chi connectivity index (χ4n) is 1.44. The highest BCUT2D eigenvalue weighted by Gasteiger charge is 1.97. The van der Waals surface area contributed by atoms with Crippen LogP contribution in [0, 0.1) is 0 Å². The van der Waals surface area contributed by atoms with Gasteiger partial charge in [0.1, 0.15) is 12.4 Å². The SMILES string of the molecule is NCc1ccnc(NCCOc2ccccc2)n1. The molecular weight excluding hydrogens is 228 g/mol. The van der Waals surface area contributed by atoms with E-state index in [4.69, 9.17) is 10.5 Å². The maximum absolute atomic E-state index is 5.54. The van der Waals surface area contributed by atoms with E-state index in [1.54, 1.807) is 12.3 Å². The van der Waals surface area contributed by atoms with Gasteiger partial charge in [0.05, 0.1) is 12.2 Å². The van der Waals surface area contributed by atoms with Crippen LogP contribution < -0.4 is 15.8 Å². The van der Waals surface area contributed by atoms with Gasteiger partial charge in [-0.3, -0.25) is 0 Å². The predicted molar refractivity (Wildman–Crippen MR) is 70.4 cm³/mol. The lowest BCUT2D eigenvalue weighted by Crippen LogP contribution is -2.14. The molecule has 0 unspecified atom stereocenters. The Kier molecular flexibility index (Phi) is 4.49. The first-order valence-electron chi connectivity index (χ1n) is 5.82. The summed E-state index contributed by atoms with van der Waals surface area (Å²) in [5, 5.41) is 3.09. The largest absolute Gasteiger partial charge is 0.492 e. The van der Waals surface area contributed by atoms with E-state index < -0.39 is 0 Å². The first-order chi connectivity index (χ1) is 8.88. The number of nitrogens with one attached hydrogen (secondary N) is 1. The van der Waals surface area contributed by atoms with Gasteiger partial charge in [0.15, 0.2) is 0 Å². The molecule has 3 N–H and O–H groups in total. The molecule has 0 amide bonds. The normalized spacial score (nSPS) is 10.1. The number of benzene rings is 1. The topological polar surface area (TPSA) is 73.1 Å². The summed E-state index contributed by atoms with van der Waals surface area (Å²) in [6.45, 7) is 1.61. The van der Waals surface area contributed by atoms with Crippen molar-refractivity contribution < 1.29 is 4.74 Å². The van der Waals surface area contributed by atoms with Gasteiger partial charge >= 0.3 is 0 Å². The summed E-state index contributed by atoms with van der Waals surface area (Å²) in [6, 6.07) is 11.5. The number of ether oxygens (including phenoxy) is 1. The Balaban J connectivity index is 1.75. The van der Waals surface area contributed by atoms with Crippen LogP contribution in [0.5, 0.6) is 5.75 Å². The van der Waals surface area contributed by atoms with Crippen molar-refractivity contribution in [1.82, 2.24) is 9.97 Å². The molecular formula is C13H16N4O. The summed E-state index contributed by atoms with van der Waals surface area (Å²) in [4.78, 5) is 8.33. The molecule has 0 saturated carbocycles. The van der Waals surface area contributed by atoms with Gasteiger partial charge in [0.25, 0.3) is 0 Å². The molecule has 0 bridgehead atoms. The molecule has 18 heavy (non-hydrogen) atoms. The molecule has 0 spiro atoms. The molecule has 5 nitrogen and oxygen atoms in total. The van der Waals surface area contributed by atoms with Crippen LogP contribution in [-0.4, -0.2) is 23.1 Å². The monoisotopic (exact) mass is 244 g/mol. The van der Waals surface area contributed by atoms with E-state index in [-0.39, 0.29) is 0 Å². The number of anilines is 1. The highest BCUT2D eigenvalue weighted by Crippen LogP contribution is 2.07. The Labute approximate surface area is 106 Å². The third kappa shape index (κ3) is 3.71. The van der Waals surface area contributed by atoms with Crippen molar-refractivity contribution >= 4 is 5.95 Å². The fraction of sp³-hybridized carbons (Fsp3) is 0.231. The molecule has 0 radical (unpaired) electrons. The van der Waals surface area contributed by atoms with Crippen LogP contribution in [0.15, 0.2) is 42.6 Å². The van der Waals surface area contributed by atoms with Crippen molar-refractivity contribution in [3.05, 3.63) is 48.3 Å². The molecule has 1 aromatic carbocycles. The Morgan fingerprint density at radius 3 is 2.78 bits per heavy atom. The Morgan fingerprint density at radius 1 is 1.17 bits per heavy atom. The molecule has 5 heteroatoms. The average Bonchev–Trinajstić information content (AvgIpc) is 2.45. The molecule has 0 saturated heterocycles. The van der Waals surface area contributed by atoms with Gasteiger partial charge in [-0.05, 0) is 18.2 Å². The van der Waals surface area contributed by atoms with Gasteiger partial charge in [-0.15, -0.1) is 0 Å². The van der Waals surface area contributed by atoms with E-state index in [2.05, 4.69) is 15.3 Å². The molecule has 0 atom stereocenters. The molecule has 0 fully saturated rings. The van der Waals surface area contributed by atoms with Gasteiger partial charge < -0.3 is 15.8 Å². The minimum absolute atomic E-state index is 0.414. The lowest BCUT2D eigenvalue weighted by molar-refractivity contribution is 0.332. The highest BCUT2D eigenvalue weighted by atomic mass is 16.5. The molecule has 2 aromatic rings. The van der Waals surface area contributed by atoms with Gasteiger partial charge in [0, 0.05) is 12.7 Å². The fourth-order valence-corrected chi connectivity index (χ4v) is 1.44. The lowest BCUT2D eigenvalue weighted by atomic mass is 10.3. The molecule has 1 heterocycles. The van der Waals surface area contributed by atoms with Crippen LogP contribution in [-0.2, 0) is 6.54 Å². The number of nitrogens with two attached hydrogens (primary N) is 1. The zero-order valence-corrected chi connectivity index (χ0v) is 10.0. The predicted octanol–water partition coefficient (Wildman–Crippen LogP) is 1.43. The van der Waals surface area contributed by atoms with Gasteiger partial charge in [-0.1, -0.05) is 18.2 Å². The summed E-state index contributed by atoms with van der Waals surface area (Å²) in [5.74, 6) is 1.44. The first-order valence-corrected chi connectivity index (χ1v) is 5.82. The molecule has 1 aromatic heterocycles. The van der Waals surface area contributed by atoms with E-state index in [0.717, 1.165) is 11.4 Å². The zero-order valence-electron chi connectivity index (χ0n) is 10.0. The second-order valence-electron chi connectivity index (χ2n) is 3.66. The third-order valence-corrected chi connectivity index (χ3v) is 2.32. The summed E-state index contributed by atoms with van der Waals surface area (Å²) >= 11 is 0. The summed E-state index contributed by atoms with van der Waals surface area (Å²) in [6.07, 6.45) is 1.69. The van der Waals surface area contributed by atoms with E-state index >= 15 is 0 Å². The Morgan fingerprint density at radius 2 is 2.00 bits per heavy atom. The van der Waals surface area contributed by atoms with Crippen LogP contribution in [0.25, 0.3) is 0 Å². The third-order valence-electron chi connectivity index (χ3n) is 2.32. The molecule has 0 aliphatic heterocycles. The maximum Gasteiger partial charge on any atom is 0.223 e. The van der Waals surface area contributed by atoms with Crippen LogP contribution >= 0.6 is 0 Å². The van der Waals surface area contributed by atoms with Gasteiger partial charge in [-0.2, -0.15) is 0 Å². The summed E-state index contributed by atoms with van der Waals surface area (Å²) in [7, 11) is 0. The standard InChI is InChI=1S/C13H16N4O/c14-10-11-6-7-15-13(17-11)16-8-9-18-12-4-2-1-3-5-12/h1-7H,8-10,14H2,(H,15,16,17). The van der Waals surface area contributed by atoms with Crippen LogP contribution in [0.3, 0.4) is 0 Å². The number of para-hydroxylation sites is 1. The smallest absolute Gasteiger partial charge is 0.223 e. The number of nitrogens with zero attached hydrogens (tertiary/aromatic N) is 2. The maximum atomic E-state index is 5.54. The first kappa shape index (κ1) is 12.3.